The fourth-order valence-corrected chi connectivity index (χ4v) is 2.18. The van der Waals surface area contributed by atoms with Gasteiger partial charge in [0.1, 0.15) is 0 Å². The van der Waals surface area contributed by atoms with Gasteiger partial charge in [-0.15, -0.1) is 0 Å². The Hall–Kier alpha value is -0.820. The van der Waals surface area contributed by atoms with Crippen LogP contribution in [-0.2, 0) is 9.59 Å². The molecule has 0 heterocycles. The average molecular weight is 382 g/mol. The van der Waals surface area contributed by atoms with Gasteiger partial charge in [0.05, 0.1) is 16.6 Å². The lowest BCUT2D eigenvalue weighted by Gasteiger charge is -2.16. The number of benzene rings is 1. The van der Waals surface area contributed by atoms with Crippen molar-refractivity contribution in [1.82, 2.24) is 0 Å². The molecule has 1 rings (SSSR count). The quantitative estimate of drug-likeness (QED) is 0.787. The minimum absolute atomic E-state index is 0.354. The summed E-state index contributed by atoms with van der Waals surface area (Å²) in [5, 5.41) is 11.9. The third-order valence-electron chi connectivity index (χ3n) is 2.74. The van der Waals surface area contributed by atoms with Crippen LogP contribution in [0.5, 0.6) is 0 Å². The molecule has 0 aliphatic heterocycles. The van der Waals surface area contributed by atoms with Crippen LogP contribution < -0.4 is 5.32 Å². The van der Waals surface area contributed by atoms with Gasteiger partial charge in [0.25, 0.3) is 0 Å². The van der Waals surface area contributed by atoms with E-state index in [1.54, 1.807) is 19.1 Å². The van der Waals surface area contributed by atoms with Gasteiger partial charge >= 0.3 is 5.97 Å². The van der Waals surface area contributed by atoms with E-state index in [0.717, 1.165) is 3.57 Å². The molecular weight excluding hydrogens is 368 g/mol. The average Bonchev–Trinajstić information content (AvgIpc) is 2.30. The van der Waals surface area contributed by atoms with Crippen molar-refractivity contribution in [1.29, 1.82) is 0 Å². The molecular formula is C12H13ClINO3. The first-order valence-electron chi connectivity index (χ1n) is 5.31. The summed E-state index contributed by atoms with van der Waals surface area (Å²) < 4.78 is 0.961. The van der Waals surface area contributed by atoms with Crippen molar-refractivity contribution in [3.8, 4) is 0 Å². The predicted octanol–water partition coefficient (Wildman–Crippen LogP) is 3.24. The van der Waals surface area contributed by atoms with E-state index in [-0.39, 0.29) is 5.91 Å². The Balaban J connectivity index is 2.78. The Morgan fingerprint density at radius 1 is 1.33 bits per heavy atom. The topological polar surface area (TPSA) is 66.4 Å². The molecule has 2 unspecified atom stereocenters. The van der Waals surface area contributed by atoms with E-state index in [0.29, 0.717) is 10.7 Å². The zero-order valence-electron chi connectivity index (χ0n) is 9.91. The van der Waals surface area contributed by atoms with Crippen molar-refractivity contribution in [2.75, 3.05) is 5.32 Å². The van der Waals surface area contributed by atoms with Crippen molar-refractivity contribution in [3.63, 3.8) is 0 Å². The third-order valence-corrected chi connectivity index (χ3v) is 3.73. The molecule has 0 radical (unpaired) electrons. The van der Waals surface area contributed by atoms with Crippen LogP contribution in [0, 0.1) is 15.4 Å². The summed E-state index contributed by atoms with van der Waals surface area (Å²) in [5.41, 5.74) is 0.492. The van der Waals surface area contributed by atoms with Crippen molar-refractivity contribution < 1.29 is 14.7 Å². The van der Waals surface area contributed by atoms with E-state index >= 15 is 0 Å². The smallest absolute Gasteiger partial charge is 0.307 e. The zero-order valence-corrected chi connectivity index (χ0v) is 12.8. The van der Waals surface area contributed by atoms with Gasteiger partial charge in [0.2, 0.25) is 5.91 Å². The van der Waals surface area contributed by atoms with Crippen LogP contribution in [0.15, 0.2) is 18.2 Å². The number of hydrogen-bond acceptors (Lipinski definition) is 2. The highest BCUT2D eigenvalue weighted by Crippen LogP contribution is 2.25. The Morgan fingerprint density at radius 3 is 2.44 bits per heavy atom. The first kappa shape index (κ1) is 15.2. The van der Waals surface area contributed by atoms with Crippen LogP contribution in [-0.4, -0.2) is 17.0 Å². The molecule has 0 aliphatic rings. The Bertz CT molecular complexity index is 478. The molecule has 1 aromatic carbocycles. The molecule has 2 atom stereocenters. The van der Waals surface area contributed by atoms with Gasteiger partial charge in [-0.05, 0) is 40.8 Å². The second-order valence-electron chi connectivity index (χ2n) is 4.03. The fraction of sp³-hybridized carbons (Fsp3) is 0.333. The maximum absolute atomic E-state index is 11.9. The molecule has 0 bridgehead atoms. The molecule has 0 spiro atoms. The summed E-state index contributed by atoms with van der Waals surface area (Å²) in [5.74, 6) is -2.72. The van der Waals surface area contributed by atoms with Gasteiger partial charge in [-0.3, -0.25) is 9.59 Å². The highest BCUT2D eigenvalue weighted by Gasteiger charge is 2.26. The molecule has 0 saturated heterocycles. The highest BCUT2D eigenvalue weighted by atomic mass is 127. The van der Waals surface area contributed by atoms with Crippen LogP contribution in [0.1, 0.15) is 13.8 Å². The number of hydrogen-bond donors (Lipinski definition) is 2. The zero-order chi connectivity index (χ0) is 13.9. The van der Waals surface area contributed by atoms with Crippen LogP contribution in [0.4, 0.5) is 5.69 Å². The Morgan fingerprint density at radius 2 is 1.94 bits per heavy atom. The van der Waals surface area contributed by atoms with Gasteiger partial charge in [-0.2, -0.15) is 0 Å². The summed E-state index contributed by atoms with van der Waals surface area (Å²) in [7, 11) is 0. The lowest BCUT2D eigenvalue weighted by atomic mass is 9.95. The molecule has 6 heteroatoms. The summed E-state index contributed by atoms with van der Waals surface area (Å²) in [6, 6.07) is 5.23. The van der Waals surface area contributed by atoms with Crippen LogP contribution in [0.2, 0.25) is 5.02 Å². The number of nitrogens with one attached hydrogen (secondary N) is 1. The number of aliphatic carboxylic acids is 1. The second-order valence-corrected chi connectivity index (χ2v) is 5.68. The van der Waals surface area contributed by atoms with Crippen molar-refractivity contribution >= 4 is 51.8 Å². The predicted molar refractivity (Wildman–Crippen MR) is 78.8 cm³/mol. The van der Waals surface area contributed by atoms with Crippen LogP contribution in [0.25, 0.3) is 0 Å². The Labute approximate surface area is 124 Å². The number of carbonyl (C=O) groups excluding carboxylic acids is 1. The second kappa shape index (κ2) is 6.38. The number of carboxylic acids is 1. The first-order chi connectivity index (χ1) is 8.32. The minimum Gasteiger partial charge on any atom is -0.481 e. The Kier molecular flexibility index (Phi) is 5.40. The van der Waals surface area contributed by atoms with E-state index in [1.165, 1.54) is 6.92 Å². The van der Waals surface area contributed by atoms with E-state index in [2.05, 4.69) is 27.9 Å². The van der Waals surface area contributed by atoms with Gasteiger partial charge in [0.15, 0.2) is 0 Å². The molecule has 1 amide bonds. The van der Waals surface area contributed by atoms with E-state index < -0.39 is 17.8 Å². The fourth-order valence-electron chi connectivity index (χ4n) is 1.28. The maximum Gasteiger partial charge on any atom is 0.307 e. The molecule has 0 aliphatic carbocycles. The largest absolute Gasteiger partial charge is 0.481 e. The van der Waals surface area contributed by atoms with Crippen LogP contribution >= 0.6 is 34.2 Å². The lowest BCUT2D eigenvalue weighted by molar-refractivity contribution is -0.145. The summed E-state index contributed by atoms with van der Waals surface area (Å²) >= 11 is 8.10. The summed E-state index contributed by atoms with van der Waals surface area (Å²) in [6.45, 7) is 3.08. The van der Waals surface area contributed by atoms with Gasteiger partial charge in [-0.1, -0.05) is 25.4 Å². The molecule has 18 heavy (non-hydrogen) atoms. The number of carbonyl (C=O) groups is 2. The monoisotopic (exact) mass is 381 g/mol. The van der Waals surface area contributed by atoms with Gasteiger partial charge in [0, 0.05) is 9.49 Å². The maximum atomic E-state index is 11.9. The number of carboxylic acid groups (broad SMARTS) is 1. The van der Waals surface area contributed by atoms with E-state index in [9.17, 15) is 9.59 Å². The third kappa shape index (κ3) is 3.84. The SMILES string of the molecule is CC(C(=O)O)C(C)C(=O)Nc1ccc(I)cc1Cl. The van der Waals surface area contributed by atoms with Gasteiger partial charge in [-0.25, -0.2) is 0 Å². The van der Waals surface area contributed by atoms with Crippen molar-refractivity contribution in [2.45, 2.75) is 13.8 Å². The van der Waals surface area contributed by atoms with Crippen molar-refractivity contribution in [2.24, 2.45) is 11.8 Å². The molecule has 98 valence electrons. The molecule has 0 saturated carbocycles. The minimum atomic E-state index is -0.994. The molecule has 0 aromatic heterocycles. The molecule has 2 N–H and O–H groups in total. The summed E-state index contributed by atoms with van der Waals surface area (Å²) in [4.78, 5) is 22.7. The van der Waals surface area contributed by atoms with E-state index in [1.807, 2.05) is 6.07 Å². The summed E-state index contributed by atoms with van der Waals surface area (Å²) in [6.07, 6.45) is 0. The van der Waals surface area contributed by atoms with Crippen molar-refractivity contribution in [3.05, 3.63) is 26.8 Å². The van der Waals surface area contributed by atoms with Crippen LogP contribution in [0.3, 0.4) is 0 Å². The standard InChI is InChI=1S/C12H13ClINO3/c1-6(7(2)12(17)18)11(16)15-10-4-3-8(14)5-9(10)13/h3-7H,1-2H3,(H,15,16)(H,17,18). The number of anilines is 1. The number of halogens is 2. The first-order valence-corrected chi connectivity index (χ1v) is 6.77. The number of rotatable bonds is 4. The normalized spacial score (nSPS) is 13.8. The number of amides is 1. The molecule has 0 fully saturated rings. The lowest BCUT2D eigenvalue weighted by Crippen LogP contribution is -2.30. The molecule has 1 aromatic rings. The van der Waals surface area contributed by atoms with Gasteiger partial charge < -0.3 is 10.4 Å². The van der Waals surface area contributed by atoms with E-state index in [4.69, 9.17) is 16.7 Å². The molecule has 4 nitrogen and oxygen atoms in total. The highest BCUT2D eigenvalue weighted by molar-refractivity contribution is 14.1.